The van der Waals surface area contributed by atoms with E-state index in [0.29, 0.717) is 28.0 Å². The number of aromatic amines is 1. The number of nitrogens with one attached hydrogen (secondary N) is 2. The minimum atomic E-state index is -0.528. The standard InChI is InChI=1S/C20H15N3O3/c1-12-15(8-9-16(21-12)13-5-3-2-4-6-13)19(24)22-14-7-10-18-17(11-14)23-20(25)26-18/h2-11H,1H3,(H,22,24)(H,23,25). The number of hydrogen-bond acceptors (Lipinski definition) is 4. The summed E-state index contributed by atoms with van der Waals surface area (Å²) in [5, 5.41) is 2.82. The number of rotatable bonds is 3. The molecule has 1 amide bonds. The van der Waals surface area contributed by atoms with Gasteiger partial charge in [0.25, 0.3) is 5.91 Å². The van der Waals surface area contributed by atoms with Gasteiger partial charge in [-0.15, -0.1) is 0 Å². The third-order valence-corrected chi connectivity index (χ3v) is 4.08. The van der Waals surface area contributed by atoms with Crippen LogP contribution in [0.3, 0.4) is 0 Å². The molecule has 2 aromatic carbocycles. The molecule has 4 aromatic rings. The van der Waals surface area contributed by atoms with E-state index >= 15 is 0 Å². The van der Waals surface area contributed by atoms with Crippen molar-refractivity contribution in [2.45, 2.75) is 6.92 Å². The molecule has 2 N–H and O–H groups in total. The Morgan fingerprint density at radius 2 is 1.88 bits per heavy atom. The highest BCUT2D eigenvalue weighted by Crippen LogP contribution is 2.20. The Kier molecular flexibility index (Phi) is 3.85. The molecule has 0 unspecified atom stereocenters. The van der Waals surface area contributed by atoms with Gasteiger partial charge in [0, 0.05) is 11.3 Å². The van der Waals surface area contributed by atoms with Gasteiger partial charge in [0.05, 0.1) is 22.5 Å². The molecule has 0 bridgehead atoms. The first-order chi connectivity index (χ1) is 12.6. The average Bonchev–Trinajstić information content (AvgIpc) is 3.01. The number of H-pyrrole nitrogens is 1. The molecular formula is C20H15N3O3. The van der Waals surface area contributed by atoms with Crippen molar-refractivity contribution >= 4 is 22.7 Å². The van der Waals surface area contributed by atoms with E-state index in [1.165, 1.54) is 0 Å². The second kappa shape index (κ2) is 6.33. The first-order valence-corrected chi connectivity index (χ1v) is 8.07. The van der Waals surface area contributed by atoms with Crippen molar-refractivity contribution in [2.24, 2.45) is 0 Å². The maximum Gasteiger partial charge on any atom is 0.417 e. The second-order valence-electron chi connectivity index (χ2n) is 5.88. The lowest BCUT2D eigenvalue weighted by Gasteiger charge is -2.09. The Morgan fingerprint density at radius 1 is 1.08 bits per heavy atom. The van der Waals surface area contributed by atoms with Gasteiger partial charge in [-0.05, 0) is 37.3 Å². The Balaban J connectivity index is 1.60. The van der Waals surface area contributed by atoms with Crippen molar-refractivity contribution in [1.29, 1.82) is 0 Å². The molecule has 0 saturated heterocycles. The molecule has 26 heavy (non-hydrogen) atoms. The van der Waals surface area contributed by atoms with Crippen LogP contribution in [0.25, 0.3) is 22.4 Å². The van der Waals surface area contributed by atoms with Crippen molar-refractivity contribution in [1.82, 2.24) is 9.97 Å². The molecule has 0 aliphatic rings. The predicted octanol–water partition coefficient (Wildman–Crippen LogP) is 3.74. The number of carbonyl (C=O) groups is 1. The minimum absolute atomic E-state index is 0.264. The molecule has 4 rings (SSSR count). The molecule has 2 heterocycles. The number of benzene rings is 2. The van der Waals surface area contributed by atoms with Gasteiger partial charge in [-0.3, -0.25) is 14.8 Å². The van der Waals surface area contributed by atoms with Crippen LogP contribution in [0.4, 0.5) is 5.69 Å². The lowest BCUT2D eigenvalue weighted by atomic mass is 10.1. The van der Waals surface area contributed by atoms with Gasteiger partial charge in [0.1, 0.15) is 0 Å². The van der Waals surface area contributed by atoms with Crippen LogP contribution in [-0.2, 0) is 0 Å². The van der Waals surface area contributed by atoms with Gasteiger partial charge < -0.3 is 9.73 Å². The summed E-state index contributed by atoms with van der Waals surface area (Å²) in [7, 11) is 0. The Morgan fingerprint density at radius 3 is 2.65 bits per heavy atom. The van der Waals surface area contributed by atoms with E-state index in [-0.39, 0.29) is 5.91 Å². The molecule has 128 valence electrons. The summed E-state index contributed by atoms with van der Waals surface area (Å²) in [6, 6.07) is 18.3. The smallest absolute Gasteiger partial charge is 0.408 e. The van der Waals surface area contributed by atoms with E-state index in [2.05, 4.69) is 15.3 Å². The molecule has 0 aliphatic heterocycles. The van der Waals surface area contributed by atoms with Crippen molar-refractivity contribution in [2.75, 3.05) is 5.32 Å². The van der Waals surface area contributed by atoms with Crippen LogP contribution in [0.1, 0.15) is 16.1 Å². The Bertz CT molecular complexity index is 1160. The van der Waals surface area contributed by atoms with Crippen LogP contribution < -0.4 is 11.1 Å². The van der Waals surface area contributed by atoms with Crippen LogP contribution >= 0.6 is 0 Å². The number of pyridine rings is 1. The van der Waals surface area contributed by atoms with Crippen LogP contribution in [0.2, 0.25) is 0 Å². The first kappa shape index (κ1) is 15.8. The maximum absolute atomic E-state index is 12.6. The van der Waals surface area contributed by atoms with Gasteiger partial charge in [-0.2, -0.15) is 0 Å². The highest BCUT2D eigenvalue weighted by molar-refractivity contribution is 6.05. The molecular weight excluding hydrogens is 330 g/mol. The third-order valence-electron chi connectivity index (χ3n) is 4.08. The first-order valence-electron chi connectivity index (χ1n) is 8.07. The summed E-state index contributed by atoms with van der Waals surface area (Å²) in [6.07, 6.45) is 0. The largest absolute Gasteiger partial charge is 0.417 e. The van der Waals surface area contributed by atoms with E-state index in [1.54, 1.807) is 31.2 Å². The summed E-state index contributed by atoms with van der Waals surface area (Å²) in [5.41, 5.74) is 4.48. The van der Waals surface area contributed by atoms with E-state index in [0.717, 1.165) is 11.3 Å². The number of carbonyl (C=O) groups excluding carboxylic acids is 1. The average molecular weight is 345 g/mol. The number of hydrogen-bond donors (Lipinski definition) is 2. The molecule has 0 saturated carbocycles. The SMILES string of the molecule is Cc1nc(-c2ccccc2)ccc1C(=O)Nc1ccc2oc(=O)[nH]c2c1. The summed E-state index contributed by atoms with van der Waals surface area (Å²) in [6.45, 7) is 1.80. The van der Waals surface area contributed by atoms with Gasteiger partial charge in [0.2, 0.25) is 0 Å². The monoisotopic (exact) mass is 345 g/mol. The molecule has 0 atom stereocenters. The molecule has 0 aliphatic carbocycles. The van der Waals surface area contributed by atoms with Crippen LogP contribution in [0.15, 0.2) is 69.9 Å². The number of aryl methyl sites for hydroxylation is 1. The zero-order valence-corrected chi connectivity index (χ0v) is 13.9. The van der Waals surface area contributed by atoms with E-state index in [4.69, 9.17) is 4.42 Å². The molecule has 0 radical (unpaired) electrons. The summed E-state index contributed by atoms with van der Waals surface area (Å²) in [5.74, 6) is -0.792. The quantitative estimate of drug-likeness (QED) is 0.592. The highest BCUT2D eigenvalue weighted by Gasteiger charge is 2.12. The summed E-state index contributed by atoms with van der Waals surface area (Å²) in [4.78, 5) is 30.9. The molecule has 0 spiro atoms. The fourth-order valence-electron chi connectivity index (χ4n) is 2.80. The number of aromatic nitrogens is 2. The fourth-order valence-corrected chi connectivity index (χ4v) is 2.80. The fraction of sp³-hybridized carbons (Fsp3) is 0.0500. The number of anilines is 1. The lowest BCUT2D eigenvalue weighted by Crippen LogP contribution is -2.14. The second-order valence-corrected chi connectivity index (χ2v) is 5.88. The Labute approximate surface area is 148 Å². The predicted molar refractivity (Wildman–Crippen MR) is 99.2 cm³/mol. The van der Waals surface area contributed by atoms with Gasteiger partial charge >= 0.3 is 5.76 Å². The van der Waals surface area contributed by atoms with E-state index < -0.39 is 5.76 Å². The highest BCUT2D eigenvalue weighted by atomic mass is 16.4. The summed E-state index contributed by atoms with van der Waals surface area (Å²) < 4.78 is 4.95. The normalized spacial score (nSPS) is 10.8. The molecule has 6 heteroatoms. The zero-order valence-electron chi connectivity index (χ0n) is 13.9. The lowest BCUT2D eigenvalue weighted by molar-refractivity contribution is 0.102. The molecule has 2 aromatic heterocycles. The molecule has 6 nitrogen and oxygen atoms in total. The van der Waals surface area contributed by atoms with E-state index in [1.807, 2.05) is 36.4 Å². The van der Waals surface area contributed by atoms with E-state index in [9.17, 15) is 9.59 Å². The number of amides is 1. The zero-order chi connectivity index (χ0) is 18.1. The van der Waals surface area contributed by atoms with Crippen molar-refractivity contribution in [3.8, 4) is 11.3 Å². The van der Waals surface area contributed by atoms with Crippen molar-refractivity contribution < 1.29 is 9.21 Å². The van der Waals surface area contributed by atoms with Crippen LogP contribution in [0, 0.1) is 6.92 Å². The van der Waals surface area contributed by atoms with Crippen molar-refractivity contribution in [3.05, 3.63) is 82.5 Å². The molecule has 0 fully saturated rings. The third kappa shape index (κ3) is 3.00. The minimum Gasteiger partial charge on any atom is -0.408 e. The van der Waals surface area contributed by atoms with Gasteiger partial charge in [-0.1, -0.05) is 30.3 Å². The number of nitrogens with zero attached hydrogens (tertiary/aromatic N) is 1. The van der Waals surface area contributed by atoms with Gasteiger partial charge in [0.15, 0.2) is 5.58 Å². The van der Waals surface area contributed by atoms with Gasteiger partial charge in [-0.25, -0.2) is 4.79 Å². The topological polar surface area (TPSA) is 88.0 Å². The number of fused-ring (bicyclic) bond motifs is 1. The summed E-state index contributed by atoms with van der Waals surface area (Å²) >= 11 is 0. The van der Waals surface area contributed by atoms with Crippen LogP contribution in [0.5, 0.6) is 0 Å². The maximum atomic E-state index is 12.6. The van der Waals surface area contributed by atoms with Crippen molar-refractivity contribution in [3.63, 3.8) is 0 Å². The Hall–Kier alpha value is -3.67. The number of oxazole rings is 1. The van der Waals surface area contributed by atoms with Crippen LogP contribution in [-0.4, -0.2) is 15.9 Å².